The zero-order chi connectivity index (χ0) is 29.6. The first-order valence-electron chi connectivity index (χ1n) is 12.7. The predicted octanol–water partition coefficient (Wildman–Crippen LogP) is 6.59. The summed E-state index contributed by atoms with van der Waals surface area (Å²) in [6, 6.07) is 17.3. The Morgan fingerprint density at radius 2 is 1.65 bits per heavy atom. The van der Waals surface area contributed by atoms with E-state index in [-0.39, 0.29) is 39.1 Å². The molecule has 2 amide bonds. The molecule has 0 aliphatic rings. The van der Waals surface area contributed by atoms with Crippen molar-refractivity contribution in [2.45, 2.75) is 57.6 Å². The normalized spacial score (nSPS) is 12.9. The second-order valence-corrected chi connectivity index (χ2v) is 13.1. The van der Waals surface area contributed by atoms with Gasteiger partial charge in [-0.1, -0.05) is 82.0 Å². The maximum Gasteiger partial charge on any atom is 0.264 e. The van der Waals surface area contributed by atoms with E-state index in [1.165, 1.54) is 29.2 Å². The van der Waals surface area contributed by atoms with Gasteiger partial charge in [0.15, 0.2) is 0 Å². The Morgan fingerprint density at radius 1 is 1.00 bits per heavy atom. The third-order valence-corrected chi connectivity index (χ3v) is 9.57. The number of benzene rings is 3. The van der Waals surface area contributed by atoms with Gasteiger partial charge in [-0.2, -0.15) is 0 Å². The molecule has 0 unspecified atom stereocenters. The molecule has 0 aromatic heterocycles. The average Bonchev–Trinajstić information content (AvgIpc) is 2.91. The average molecular weight is 669 g/mol. The van der Waals surface area contributed by atoms with Gasteiger partial charge in [0.05, 0.1) is 20.6 Å². The number of hydrogen-bond donors (Lipinski definition) is 1. The molecule has 2 atom stereocenters. The lowest BCUT2D eigenvalue weighted by molar-refractivity contribution is -0.139. The van der Waals surface area contributed by atoms with E-state index in [2.05, 4.69) is 21.2 Å². The molecule has 7 nitrogen and oxygen atoms in total. The van der Waals surface area contributed by atoms with E-state index in [0.717, 1.165) is 19.9 Å². The van der Waals surface area contributed by atoms with Crippen molar-refractivity contribution < 1.29 is 18.0 Å². The Morgan fingerprint density at radius 3 is 2.27 bits per heavy atom. The highest BCUT2D eigenvalue weighted by molar-refractivity contribution is 9.10. The van der Waals surface area contributed by atoms with Gasteiger partial charge in [0.25, 0.3) is 10.0 Å². The smallest absolute Gasteiger partial charge is 0.264 e. The van der Waals surface area contributed by atoms with Gasteiger partial charge < -0.3 is 10.2 Å². The Balaban J connectivity index is 2.07. The molecule has 0 bridgehead atoms. The van der Waals surface area contributed by atoms with Gasteiger partial charge in [-0.15, -0.1) is 0 Å². The van der Waals surface area contributed by atoms with E-state index in [0.29, 0.717) is 6.42 Å². The van der Waals surface area contributed by atoms with E-state index in [9.17, 15) is 18.0 Å². The third-order valence-electron chi connectivity index (χ3n) is 6.50. The van der Waals surface area contributed by atoms with Crippen molar-refractivity contribution in [3.63, 3.8) is 0 Å². The van der Waals surface area contributed by atoms with Crippen molar-refractivity contribution >= 4 is 66.7 Å². The third kappa shape index (κ3) is 7.78. The lowest BCUT2D eigenvalue weighted by Gasteiger charge is -2.32. The molecule has 0 aliphatic carbocycles. The molecule has 3 aromatic carbocycles. The molecule has 214 valence electrons. The summed E-state index contributed by atoms with van der Waals surface area (Å²) in [4.78, 5) is 28.5. The maximum atomic E-state index is 14.0. The van der Waals surface area contributed by atoms with Crippen LogP contribution in [0.1, 0.15) is 38.3 Å². The molecule has 11 heteroatoms. The van der Waals surface area contributed by atoms with Crippen LogP contribution in [0.25, 0.3) is 0 Å². The van der Waals surface area contributed by atoms with Crippen LogP contribution in [-0.2, 0) is 26.2 Å². The summed E-state index contributed by atoms with van der Waals surface area (Å²) in [7, 11) is -4.25. The van der Waals surface area contributed by atoms with Crippen molar-refractivity contribution in [1.29, 1.82) is 0 Å². The summed E-state index contributed by atoms with van der Waals surface area (Å²) < 4.78 is 29.6. The predicted molar refractivity (Wildman–Crippen MR) is 164 cm³/mol. The first-order chi connectivity index (χ1) is 18.8. The first-order valence-corrected chi connectivity index (χ1v) is 15.7. The quantitative estimate of drug-likeness (QED) is 0.250. The van der Waals surface area contributed by atoms with Crippen molar-refractivity contribution in [1.82, 2.24) is 10.2 Å². The van der Waals surface area contributed by atoms with Crippen LogP contribution in [0.4, 0.5) is 5.69 Å². The van der Waals surface area contributed by atoms with Crippen LogP contribution in [0.3, 0.4) is 0 Å². The van der Waals surface area contributed by atoms with E-state index in [1.807, 2.05) is 45.0 Å². The topological polar surface area (TPSA) is 86.8 Å². The number of carbonyl (C=O) groups is 2. The van der Waals surface area contributed by atoms with Crippen LogP contribution in [0, 0.1) is 6.92 Å². The monoisotopic (exact) mass is 667 g/mol. The Bertz CT molecular complexity index is 1470. The van der Waals surface area contributed by atoms with Gasteiger partial charge in [-0.3, -0.25) is 13.9 Å². The summed E-state index contributed by atoms with van der Waals surface area (Å²) in [5.41, 5.74) is 1.70. The van der Waals surface area contributed by atoms with Crippen molar-refractivity contribution in [2.75, 3.05) is 10.8 Å². The number of rotatable bonds is 11. The summed E-state index contributed by atoms with van der Waals surface area (Å²) >= 11 is 16.2. The fourth-order valence-corrected chi connectivity index (χ4v) is 6.24. The van der Waals surface area contributed by atoms with E-state index < -0.39 is 28.5 Å². The molecule has 0 saturated heterocycles. The molecule has 1 N–H and O–H groups in total. The highest BCUT2D eigenvalue weighted by Crippen LogP contribution is 2.35. The molecular weight excluding hydrogens is 637 g/mol. The zero-order valence-electron chi connectivity index (χ0n) is 22.7. The SMILES string of the molecule is CC[C@@H](C)NC(=O)[C@H](C)N(Cc1cccc(Br)c1)C(=O)CN(c1cccc(Cl)c1Cl)S(=O)(=O)c1ccc(C)cc1. The number of carbonyl (C=O) groups excluding carboxylic acids is 2. The van der Waals surface area contributed by atoms with Crippen LogP contribution in [0.15, 0.2) is 76.1 Å². The molecule has 40 heavy (non-hydrogen) atoms. The van der Waals surface area contributed by atoms with Gasteiger partial charge in [0, 0.05) is 17.1 Å². The van der Waals surface area contributed by atoms with Crippen LogP contribution in [0.2, 0.25) is 10.0 Å². The lowest BCUT2D eigenvalue weighted by Crippen LogP contribution is -2.52. The fourth-order valence-electron chi connectivity index (χ4n) is 3.92. The van der Waals surface area contributed by atoms with Crippen molar-refractivity contribution in [2.24, 2.45) is 0 Å². The number of hydrogen-bond acceptors (Lipinski definition) is 4. The molecule has 0 spiro atoms. The molecule has 3 rings (SSSR count). The summed E-state index contributed by atoms with van der Waals surface area (Å²) in [6.07, 6.45) is 0.716. The molecule has 0 saturated carbocycles. The van der Waals surface area contributed by atoms with Gasteiger partial charge in [0.2, 0.25) is 11.8 Å². The van der Waals surface area contributed by atoms with Gasteiger partial charge in [0.1, 0.15) is 12.6 Å². The minimum atomic E-state index is -4.25. The van der Waals surface area contributed by atoms with Crippen LogP contribution in [-0.4, -0.2) is 43.8 Å². The van der Waals surface area contributed by atoms with Crippen molar-refractivity contribution in [3.8, 4) is 0 Å². The number of amides is 2. The fraction of sp³-hybridized carbons (Fsp3) is 0.310. The number of aryl methyl sites for hydroxylation is 1. The first kappa shape index (κ1) is 31.9. The van der Waals surface area contributed by atoms with E-state index in [1.54, 1.807) is 25.1 Å². The van der Waals surface area contributed by atoms with Gasteiger partial charge in [-0.05, 0) is 69.2 Å². The number of nitrogens with zero attached hydrogens (tertiary/aromatic N) is 2. The van der Waals surface area contributed by atoms with Crippen LogP contribution < -0.4 is 9.62 Å². The molecule has 3 aromatic rings. The number of sulfonamides is 1. The minimum Gasteiger partial charge on any atom is -0.352 e. The van der Waals surface area contributed by atoms with Crippen molar-refractivity contribution in [3.05, 3.63) is 92.4 Å². The molecule has 0 aliphatic heterocycles. The zero-order valence-corrected chi connectivity index (χ0v) is 26.6. The maximum absolute atomic E-state index is 14.0. The second kappa shape index (κ2) is 13.9. The van der Waals surface area contributed by atoms with E-state index >= 15 is 0 Å². The largest absolute Gasteiger partial charge is 0.352 e. The number of halogens is 3. The number of anilines is 1. The molecule has 0 fully saturated rings. The highest BCUT2D eigenvalue weighted by atomic mass is 79.9. The Kier molecular flexibility index (Phi) is 11.1. The number of nitrogens with one attached hydrogen (secondary N) is 1. The lowest BCUT2D eigenvalue weighted by atomic mass is 10.1. The molecular formula is C29H32BrCl2N3O4S. The summed E-state index contributed by atoms with van der Waals surface area (Å²) in [5, 5.41) is 3.05. The minimum absolute atomic E-state index is 0.00578. The molecule has 0 radical (unpaired) electrons. The Labute approximate surface area is 254 Å². The standard InChI is InChI=1S/C29H32BrCl2N3O4S/c1-5-20(3)33-29(37)21(4)34(17-22-8-6-9-23(30)16-22)27(36)18-35(26-11-7-10-25(31)28(26)32)40(38,39)24-14-12-19(2)13-15-24/h6-16,20-21H,5,17-18H2,1-4H3,(H,33,37)/t20-,21+/m1/s1. The highest BCUT2D eigenvalue weighted by Gasteiger charge is 2.34. The summed E-state index contributed by atoms with van der Waals surface area (Å²) in [6.45, 7) is 6.76. The summed E-state index contributed by atoms with van der Waals surface area (Å²) in [5.74, 6) is -0.926. The van der Waals surface area contributed by atoms with Gasteiger partial charge >= 0.3 is 0 Å². The van der Waals surface area contributed by atoms with Crippen LogP contribution >= 0.6 is 39.1 Å². The second-order valence-electron chi connectivity index (χ2n) is 9.54. The molecule has 0 heterocycles. The van der Waals surface area contributed by atoms with Crippen LogP contribution in [0.5, 0.6) is 0 Å². The van der Waals surface area contributed by atoms with E-state index in [4.69, 9.17) is 23.2 Å². The van der Waals surface area contributed by atoms with Gasteiger partial charge in [-0.25, -0.2) is 8.42 Å². The Hall–Kier alpha value is -2.59.